The zero-order valence-electron chi connectivity index (χ0n) is 10.6. The van der Waals surface area contributed by atoms with Crippen LogP contribution in [-0.4, -0.2) is 32.1 Å². The predicted molar refractivity (Wildman–Crippen MR) is 76.4 cm³/mol. The average molecular weight is 312 g/mol. The number of carbonyl (C=O) groups excluding carboxylic acids is 1. The molecule has 1 aliphatic heterocycles. The number of aldehydes is 1. The van der Waals surface area contributed by atoms with Crippen LogP contribution in [0.3, 0.4) is 0 Å². The summed E-state index contributed by atoms with van der Waals surface area (Å²) < 4.78 is 6.64. The van der Waals surface area contributed by atoms with Crippen molar-refractivity contribution in [3.8, 4) is 0 Å². The van der Waals surface area contributed by atoms with Gasteiger partial charge in [0.15, 0.2) is 0 Å². The predicted octanol–water partition coefficient (Wildman–Crippen LogP) is 3.27. The van der Waals surface area contributed by atoms with Crippen LogP contribution in [0.5, 0.6) is 0 Å². The van der Waals surface area contributed by atoms with E-state index < -0.39 is 0 Å². The molecule has 1 heterocycles. The molecule has 1 saturated heterocycles. The molecular weight excluding hydrogens is 294 g/mol. The summed E-state index contributed by atoms with van der Waals surface area (Å²) in [6, 6.07) is 5.74. The summed E-state index contributed by atoms with van der Waals surface area (Å²) in [5.74, 6) is 0. The second-order valence-electron chi connectivity index (χ2n) is 4.47. The number of anilines is 1. The molecule has 18 heavy (non-hydrogen) atoms. The zero-order valence-corrected chi connectivity index (χ0v) is 12.1. The lowest BCUT2D eigenvalue weighted by Crippen LogP contribution is -2.37. The van der Waals surface area contributed by atoms with Crippen molar-refractivity contribution < 1.29 is 9.53 Å². The molecule has 1 aromatic carbocycles. The van der Waals surface area contributed by atoms with Crippen LogP contribution >= 0.6 is 15.9 Å². The van der Waals surface area contributed by atoms with E-state index in [0.29, 0.717) is 11.7 Å². The Balaban J connectivity index is 2.03. The van der Waals surface area contributed by atoms with E-state index >= 15 is 0 Å². The number of ether oxygens (including phenoxy) is 1. The van der Waals surface area contributed by atoms with Crippen molar-refractivity contribution in [1.29, 1.82) is 0 Å². The third-order valence-electron chi connectivity index (χ3n) is 3.29. The minimum atomic E-state index is 0.402. The van der Waals surface area contributed by atoms with E-state index in [1.807, 2.05) is 25.1 Å². The van der Waals surface area contributed by atoms with Gasteiger partial charge in [0.25, 0.3) is 0 Å². The van der Waals surface area contributed by atoms with Crippen LogP contribution in [0.1, 0.15) is 30.1 Å². The Hall–Kier alpha value is -0.870. The van der Waals surface area contributed by atoms with Crippen LogP contribution in [-0.2, 0) is 4.74 Å². The highest BCUT2D eigenvalue weighted by molar-refractivity contribution is 9.10. The van der Waals surface area contributed by atoms with Gasteiger partial charge in [0.1, 0.15) is 6.29 Å². The molecule has 1 aliphatic rings. The number of nitrogens with zero attached hydrogens (tertiary/aromatic N) is 1. The average Bonchev–Trinajstić information content (AvgIpc) is 2.40. The second kappa shape index (κ2) is 6.34. The Kier molecular flexibility index (Phi) is 4.78. The molecule has 2 rings (SSSR count). The maximum absolute atomic E-state index is 10.7. The van der Waals surface area contributed by atoms with Gasteiger partial charge in [-0.05, 0) is 53.9 Å². The molecule has 0 unspecified atom stereocenters. The summed E-state index contributed by atoms with van der Waals surface area (Å²) >= 11 is 3.54. The van der Waals surface area contributed by atoms with Crippen molar-refractivity contribution in [3.05, 3.63) is 28.2 Å². The molecule has 0 amide bonds. The highest BCUT2D eigenvalue weighted by atomic mass is 79.9. The van der Waals surface area contributed by atoms with Crippen molar-refractivity contribution in [2.75, 3.05) is 24.6 Å². The molecule has 0 aromatic heterocycles. The van der Waals surface area contributed by atoms with Crippen molar-refractivity contribution in [2.24, 2.45) is 0 Å². The van der Waals surface area contributed by atoms with Crippen LogP contribution in [0.2, 0.25) is 0 Å². The topological polar surface area (TPSA) is 29.5 Å². The minimum absolute atomic E-state index is 0.402. The van der Waals surface area contributed by atoms with Gasteiger partial charge in [-0.3, -0.25) is 4.79 Å². The fraction of sp³-hybridized carbons (Fsp3) is 0.500. The minimum Gasteiger partial charge on any atom is -0.378 e. The second-order valence-corrected chi connectivity index (χ2v) is 5.32. The maximum atomic E-state index is 10.7. The van der Waals surface area contributed by atoms with E-state index in [9.17, 15) is 4.79 Å². The fourth-order valence-corrected chi connectivity index (χ4v) is 3.00. The van der Waals surface area contributed by atoms with E-state index in [2.05, 4.69) is 20.8 Å². The summed E-state index contributed by atoms with van der Waals surface area (Å²) in [5.41, 5.74) is 1.87. The van der Waals surface area contributed by atoms with E-state index in [0.717, 1.165) is 49.0 Å². The molecule has 98 valence electrons. The molecule has 0 spiro atoms. The molecule has 3 nitrogen and oxygen atoms in total. The fourth-order valence-electron chi connectivity index (χ4n) is 2.35. The summed E-state index contributed by atoms with van der Waals surface area (Å²) in [4.78, 5) is 13.1. The first-order valence-corrected chi connectivity index (χ1v) is 7.15. The third-order valence-corrected chi connectivity index (χ3v) is 3.93. The Morgan fingerprint density at radius 3 is 2.72 bits per heavy atom. The Labute approximate surface area is 116 Å². The summed E-state index contributed by atoms with van der Waals surface area (Å²) in [6.45, 7) is 4.84. The van der Waals surface area contributed by atoms with Gasteiger partial charge in [-0.25, -0.2) is 0 Å². The first-order valence-electron chi connectivity index (χ1n) is 6.36. The zero-order chi connectivity index (χ0) is 13.0. The molecule has 0 aliphatic carbocycles. The normalized spacial score (nSPS) is 16.9. The Bertz CT molecular complexity index is 414. The van der Waals surface area contributed by atoms with Gasteiger partial charge in [-0.15, -0.1) is 0 Å². The number of benzene rings is 1. The van der Waals surface area contributed by atoms with Gasteiger partial charge < -0.3 is 9.64 Å². The number of piperidine rings is 1. The number of hydrogen-bond donors (Lipinski definition) is 0. The number of rotatable bonds is 4. The van der Waals surface area contributed by atoms with Crippen molar-refractivity contribution in [3.63, 3.8) is 0 Å². The lowest BCUT2D eigenvalue weighted by Gasteiger charge is -2.34. The first-order chi connectivity index (χ1) is 8.74. The van der Waals surface area contributed by atoms with Crippen LogP contribution < -0.4 is 4.90 Å². The van der Waals surface area contributed by atoms with Crippen molar-refractivity contribution >= 4 is 27.9 Å². The van der Waals surface area contributed by atoms with Gasteiger partial charge in [-0.2, -0.15) is 0 Å². The maximum Gasteiger partial charge on any atom is 0.150 e. The molecule has 1 aromatic rings. The van der Waals surface area contributed by atoms with Gasteiger partial charge in [0.05, 0.1) is 11.8 Å². The van der Waals surface area contributed by atoms with Crippen LogP contribution in [0, 0.1) is 0 Å². The highest BCUT2D eigenvalue weighted by Crippen LogP contribution is 2.29. The molecule has 0 radical (unpaired) electrons. The first kappa shape index (κ1) is 13.6. The van der Waals surface area contributed by atoms with Gasteiger partial charge in [0, 0.05) is 29.7 Å². The molecular formula is C14H18BrNO2. The van der Waals surface area contributed by atoms with Gasteiger partial charge in [0.2, 0.25) is 0 Å². The Morgan fingerprint density at radius 2 is 2.17 bits per heavy atom. The molecule has 0 bridgehead atoms. The van der Waals surface area contributed by atoms with E-state index in [4.69, 9.17) is 4.74 Å². The molecule has 0 atom stereocenters. The number of carbonyl (C=O) groups is 1. The summed E-state index contributed by atoms with van der Waals surface area (Å²) in [7, 11) is 0. The van der Waals surface area contributed by atoms with E-state index in [1.54, 1.807) is 0 Å². The monoisotopic (exact) mass is 311 g/mol. The van der Waals surface area contributed by atoms with Gasteiger partial charge >= 0.3 is 0 Å². The van der Waals surface area contributed by atoms with Crippen molar-refractivity contribution in [1.82, 2.24) is 0 Å². The molecule has 0 saturated carbocycles. The van der Waals surface area contributed by atoms with E-state index in [-0.39, 0.29) is 0 Å². The lowest BCUT2D eigenvalue weighted by atomic mass is 10.1. The Morgan fingerprint density at radius 1 is 1.44 bits per heavy atom. The van der Waals surface area contributed by atoms with Crippen molar-refractivity contribution in [2.45, 2.75) is 25.9 Å². The number of hydrogen-bond acceptors (Lipinski definition) is 3. The molecule has 4 heteroatoms. The van der Waals surface area contributed by atoms with E-state index in [1.165, 1.54) is 0 Å². The SMILES string of the molecule is CCOC1CCN(c2ccc(C=O)cc2Br)CC1. The summed E-state index contributed by atoms with van der Waals surface area (Å²) in [6.07, 6.45) is 3.40. The quantitative estimate of drug-likeness (QED) is 0.799. The third kappa shape index (κ3) is 3.12. The number of halogens is 1. The molecule has 0 N–H and O–H groups in total. The van der Waals surface area contributed by atoms with Crippen LogP contribution in [0.15, 0.2) is 22.7 Å². The van der Waals surface area contributed by atoms with Gasteiger partial charge in [-0.1, -0.05) is 0 Å². The van der Waals surface area contributed by atoms with Crippen LogP contribution in [0.4, 0.5) is 5.69 Å². The largest absolute Gasteiger partial charge is 0.378 e. The van der Waals surface area contributed by atoms with Crippen LogP contribution in [0.25, 0.3) is 0 Å². The highest BCUT2D eigenvalue weighted by Gasteiger charge is 2.20. The standard InChI is InChI=1S/C14H18BrNO2/c1-2-18-12-5-7-16(8-6-12)14-4-3-11(10-17)9-13(14)15/h3-4,9-10,12H,2,5-8H2,1H3. The molecule has 1 fully saturated rings. The lowest BCUT2D eigenvalue weighted by molar-refractivity contribution is 0.0459. The smallest absolute Gasteiger partial charge is 0.150 e. The summed E-state index contributed by atoms with van der Waals surface area (Å²) in [5, 5.41) is 0.